The fourth-order valence-electron chi connectivity index (χ4n) is 1.74. The second-order valence-electron chi connectivity index (χ2n) is 3.81. The number of hydrogen-bond acceptors (Lipinski definition) is 6. The van der Waals surface area contributed by atoms with E-state index in [9.17, 15) is 4.79 Å². The standard InChI is InChI=1S/C11H10N2O4/c14-9-2-4-16-6-8(9)11-12-10(13-17-11)7-1-3-15-5-7/h1,3,5,8H,2,4,6H2. The monoisotopic (exact) mass is 234 g/mol. The van der Waals surface area contributed by atoms with Crippen molar-refractivity contribution in [2.24, 2.45) is 0 Å². The second-order valence-corrected chi connectivity index (χ2v) is 3.81. The third-order valence-electron chi connectivity index (χ3n) is 2.69. The summed E-state index contributed by atoms with van der Waals surface area (Å²) in [4.78, 5) is 15.9. The van der Waals surface area contributed by atoms with Gasteiger partial charge < -0.3 is 13.7 Å². The zero-order valence-electron chi connectivity index (χ0n) is 8.96. The predicted octanol–water partition coefficient (Wildman–Crippen LogP) is 1.40. The lowest BCUT2D eigenvalue weighted by Gasteiger charge is -2.16. The Bertz CT molecular complexity index is 517. The van der Waals surface area contributed by atoms with Crippen molar-refractivity contribution < 1.29 is 18.5 Å². The summed E-state index contributed by atoms with van der Waals surface area (Å²) in [5.74, 6) is 0.383. The van der Waals surface area contributed by atoms with Crippen LogP contribution < -0.4 is 0 Å². The summed E-state index contributed by atoms with van der Waals surface area (Å²) in [6, 6.07) is 1.73. The van der Waals surface area contributed by atoms with Gasteiger partial charge in [0, 0.05) is 6.42 Å². The summed E-state index contributed by atoms with van der Waals surface area (Å²) in [6.45, 7) is 0.782. The van der Waals surface area contributed by atoms with E-state index in [-0.39, 0.29) is 5.78 Å². The summed E-state index contributed by atoms with van der Waals surface area (Å²) in [7, 11) is 0. The number of aromatic nitrogens is 2. The SMILES string of the molecule is O=C1CCOCC1c1nc(-c2ccoc2)no1. The number of furan rings is 1. The van der Waals surface area contributed by atoms with Crippen molar-refractivity contribution in [1.82, 2.24) is 10.1 Å². The van der Waals surface area contributed by atoms with Crippen LogP contribution in [0.3, 0.4) is 0 Å². The van der Waals surface area contributed by atoms with E-state index in [1.165, 1.54) is 12.5 Å². The molecule has 6 nitrogen and oxygen atoms in total. The van der Waals surface area contributed by atoms with Gasteiger partial charge in [-0.05, 0) is 6.07 Å². The first-order chi connectivity index (χ1) is 8.34. The molecule has 1 aliphatic rings. The molecule has 1 atom stereocenters. The van der Waals surface area contributed by atoms with E-state index in [4.69, 9.17) is 13.7 Å². The number of ether oxygens (including phenoxy) is 1. The number of nitrogens with zero attached hydrogens (tertiary/aromatic N) is 2. The molecule has 17 heavy (non-hydrogen) atoms. The molecule has 1 unspecified atom stereocenters. The van der Waals surface area contributed by atoms with Gasteiger partial charge in [-0.3, -0.25) is 4.79 Å². The molecule has 88 valence electrons. The number of rotatable bonds is 2. The van der Waals surface area contributed by atoms with E-state index in [1.54, 1.807) is 6.07 Å². The molecule has 2 aromatic rings. The van der Waals surface area contributed by atoms with Gasteiger partial charge in [0.15, 0.2) is 0 Å². The topological polar surface area (TPSA) is 78.4 Å². The number of ketones is 1. The summed E-state index contributed by atoms with van der Waals surface area (Å²) in [5, 5.41) is 3.81. The highest BCUT2D eigenvalue weighted by molar-refractivity contribution is 5.85. The first kappa shape index (κ1) is 10.2. The van der Waals surface area contributed by atoms with Crippen molar-refractivity contribution in [1.29, 1.82) is 0 Å². The van der Waals surface area contributed by atoms with Gasteiger partial charge in [-0.2, -0.15) is 4.98 Å². The Morgan fingerprint density at radius 1 is 1.41 bits per heavy atom. The minimum atomic E-state index is -0.433. The molecule has 0 N–H and O–H groups in total. The van der Waals surface area contributed by atoms with Gasteiger partial charge in [-0.1, -0.05) is 5.16 Å². The zero-order valence-corrected chi connectivity index (χ0v) is 8.96. The Morgan fingerprint density at radius 2 is 2.35 bits per heavy atom. The van der Waals surface area contributed by atoms with Gasteiger partial charge >= 0.3 is 0 Å². The van der Waals surface area contributed by atoms with Crippen molar-refractivity contribution in [2.75, 3.05) is 13.2 Å². The highest BCUT2D eigenvalue weighted by Crippen LogP contribution is 2.24. The van der Waals surface area contributed by atoms with Crippen molar-refractivity contribution in [2.45, 2.75) is 12.3 Å². The fourth-order valence-corrected chi connectivity index (χ4v) is 1.74. The Balaban J connectivity index is 1.87. The van der Waals surface area contributed by atoms with Gasteiger partial charge in [0.2, 0.25) is 11.7 Å². The molecular weight excluding hydrogens is 224 g/mol. The Hall–Kier alpha value is -1.95. The normalized spacial score (nSPS) is 20.7. The van der Waals surface area contributed by atoms with Crippen LogP contribution in [-0.4, -0.2) is 29.1 Å². The molecule has 1 aliphatic heterocycles. The molecule has 0 saturated carbocycles. The number of Topliss-reactive ketones (excluding diaryl/α,β-unsaturated/α-hetero) is 1. The summed E-state index contributed by atoms with van der Waals surface area (Å²) in [6.07, 6.45) is 3.45. The van der Waals surface area contributed by atoms with Gasteiger partial charge in [0.1, 0.15) is 18.0 Å². The van der Waals surface area contributed by atoms with Crippen molar-refractivity contribution in [3.05, 3.63) is 24.5 Å². The van der Waals surface area contributed by atoms with Crippen molar-refractivity contribution in [3.8, 4) is 11.4 Å². The zero-order chi connectivity index (χ0) is 11.7. The molecule has 0 aliphatic carbocycles. The molecule has 1 fully saturated rings. The van der Waals surface area contributed by atoms with E-state index >= 15 is 0 Å². The molecule has 0 spiro atoms. The smallest absolute Gasteiger partial charge is 0.239 e. The minimum Gasteiger partial charge on any atom is -0.472 e. The third kappa shape index (κ3) is 1.87. The van der Waals surface area contributed by atoms with Crippen LogP contribution in [0.25, 0.3) is 11.4 Å². The maximum Gasteiger partial charge on any atom is 0.239 e. The van der Waals surface area contributed by atoms with Gasteiger partial charge in [-0.25, -0.2) is 0 Å². The minimum absolute atomic E-state index is 0.0821. The van der Waals surface area contributed by atoms with Gasteiger partial charge in [0.05, 0.1) is 25.0 Å². The first-order valence-electron chi connectivity index (χ1n) is 5.31. The lowest BCUT2D eigenvalue weighted by atomic mass is 10.0. The maximum atomic E-state index is 11.7. The fraction of sp³-hybridized carbons (Fsp3) is 0.364. The molecule has 0 radical (unpaired) electrons. The summed E-state index contributed by atoms with van der Waals surface area (Å²) in [5.41, 5.74) is 0.726. The molecule has 0 aromatic carbocycles. The Kier molecular flexibility index (Phi) is 2.49. The van der Waals surface area contributed by atoms with Crippen LogP contribution in [0.4, 0.5) is 0 Å². The molecule has 6 heteroatoms. The molecule has 2 aromatic heterocycles. The highest BCUT2D eigenvalue weighted by Gasteiger charge is 2.29. The van der Waals surface area contributed by atoms with Gasteiger partial charge in [0.25, 0.3) is 0 Å². The average Bonchev–Trinajstić information content (AvgIpc) is 3.00. The molecule has 0 bridgehead atoms. The highest BCUT2D eigenvalue weighted by atomic mass is 16.5. The van der Waals surface area contributed by atoms with Crippen LogP contribution >= 0.6 is 0 Å². The van der Waals surface area contributed by atoms with E-state index in [2.05, 4.69) is 10.1 Å². The lowest BCUT2D eigenvalue weighted by molar-refractivity contribution is -0.127. The van der Waals surface area contributed by atoms with Gasteiger partial charge in [-0.15, -0.1) is 0 Å². The van der Waals surface area contributed by atoms with E-state index in [0.29, 0.717) is 31.3 Å². The molecule has 3 rings (SSSR count). The molecule has 3 heterocycles. The second kappa shape index (κ2) is 4.14. The van der Waals surface area contributed by atoms with Crippen LogP contribution in [-0.2, 0) is 9.53 Å². The largest absolute Gasteiger partial charge is 0.472 e. The number of hydrogen-bond donors (Lipinski definition) is 0. The average molecular weight is 234 g/mol. The summed E-state index contributed by atoms with van der Waals surface area (Å²) >= 11 is 0. The molecular formula is C11H10N2O4. The van der Waals surface area contributed by atoms with Crippen LogP contribution in [0.5, 0.6) is 0 Å². The predicted molar refractivity (Wildman–Crippen MR) is 55.2 cm³/mol. The third-order valence-corrected chi connectivity index (χ3v) is 2.69. The summed E-state index contributed by atoms with van der Waals surface area (Å²) < 4.78 is 15.3. The van der Waals surface area contributed by atoms with Crippen LogP contribution in [0.1, 0.15) is 18.2 Å². The van der Waals surface area contributed by atoms with Crippen LogP contribution in [0.2, 0.25) is 0 Å². The Morgan fingerprint density at radius 3 is 3.12 bits per heavy atom. The van der Waals surface area contributed by atoms with Crippen LogP contribution in [0, 0.1) is 0 Å². The lowest BCUT2D eigenvalue weighted by Crippen LogP contribution is -2.25. The molecule has 0 amide bonds. The first-order valence-corrected chi connectivity index (χ1v) is 5.31. The van der Waals surface area contributed by atoms with Crippen LogP contribution in [0.15, 0.2) is 27.5 Å². The number of carbonyl (C=O) groups is 1. The Labute approximate surface area is 96.6 Å². The van der Waals surface area contributed by atoms with Crippen molar-refractivity contribution in [3.63, 3.8) is 0 Å². The molecule has 1 saturated heterocycles. The van der Waals surface area contributed by atoms with E-state index in [1.807, 2.05) is 0 Å². The maximum absolute atomic E-state index is 11.7. The van der Waals surface area contributed by atoms with Crippen molar-refractivity contribution >= 4 is 5.78 Å². The number of carbonyl (C=O) groups excluding carboxylic acids is 1. The van der Waals surface area contributed by atoms with E-state index < -0.39 is 5.92 Å². The van der Waals surface area contributed by atoms with E-state index in [0.717, 1.165) is 5.56 Å². The quantitative estimate of drug-likeness (QED) is 0.781.